The number of halogens is 2. The molecule has 0 fully saturated rings. The van der Waals surface area contributed by atoms with Crippen LogP contribution in [-0.4, -0.2) is 17.9 Å². The molecule has 7 heteroatoms. The number of para-hydroxylation sites is 1. The van der Waals surface area contributed by atoms with E-state index in [-0.39, 0.29) is 17.2 Å². The van der Waals surface area contributed by atoms with E-state index >= 15 is 0 Å². The molecule has 0 atom stereocenters. The lowest BCUT2D eigenvalue weighted by molar-refractivity contribution is 0.0787. The number of thiophene rings is 1. The van der Waals surface area contributed by atoms with Gasteiger partial charge in [0.05, 0.1) is 17.8 Å². The highest BCUT2D eigenvalue weighted by Crippen LogP contribution is 2.23. The summed E-state index contributed by atoms with van der Waals surface area (Å²) in [6, 6.07) is 6.23. The molecule has 0 spiro atoms. The predicted octanol–water partition coefficient (Wildman–Crippen LogP) is 3.21. The summed E-state index contributed by atoms with van der Waals surface area (Å²) in [6.07, 6.45) is 0. The van der Waals surface area contributed by atoms with E-state index in [1.807, 2.05) is 11.4 Å². The molecule has 2 rings (SSSR count). The van der Waals surface area contributed by atoms with E-state index in [2.05, 4.69) is 21.4 Å². The van der Waals surface area contributed by atoms with E-state index in [4.69, 9.17) is 5.84 Å². The molecule has 1 amide bonds. The maximum absolute atomic E-state index is 13.6. The van der Waals surface area contributed by atoms with Crippen molar-refractivity contribution in [2.45, 2.75) is 6.54 Å². The van der Waals surface area contributed by atoms with E-state index in [1.165, 1.54) is 17.0 Å². The third-order valence-electron chi connectivity index (χ3n) is 2.75. The van der Waals surface area contributed by atoms with Crippen LogP contribution in [0.5, 0.6) is 0 Å². The van der Waals surface area contributed by atoms with Crippen LogP contribution in [-0.2, 0) is 6.54 Å². The average Bonchev–Trinajstić information content (AvgIpc) is 2.82. The number of amides is 1. The number of hydrazine groups is 1. The lowest BCUT2D eigenvalue weighted by Crippen LogP contribution is -2.27. The third-order valence-corrected chi connectivity index (χ3v) is 4.43. The summed E-state index contributed by atoms with van der Waals surface area (Å²) in [5.41, 5.74) is 2.46. The van der Waals surface area contributed by atoms with Gasteiger partial charge in [0.2, 0.25) is 0 Å². The van der Waals surface area contributed by atoms with E-state index in [0.29, 0.717) is 6.54 Å². The number of nitrogens with one attached hydrogen (secondary N) is 1. The molecule has 0 saturated heterocycles. The van der Waals surface area contributed by atoms with Crippen molar-refractivity contribution in [3.63, 3.8) is 0 Å². The molecular formula is C13H13BrFN3OS. The van der Waals surface area contributed by atoms with Gasteiger partial charge in [0.1, 0.15) is 5.82 Å². The Morgan fingerprint density at radius 3 is 2.90 bits per heavy atom. The minimum absolute atomic E-state index is 0.0108. The Bertz CT molecular complexity index is 632. The molecule has 0 aliphatic heterocycles. The standard InChI is InChI=1S/C13H13BrFN3OS/c1-18(6-9-5-8(14)7-20-9)13(19)10-3-2-4-11(15)12(10)17-16/h2-5,7,17H,6,16H2,1H3. The fourth-order valence-corrected chi connectivity index (χ4v) is 3.30. The van der Waals surface area contributed by atoms with Crippen LogP contribution in [0.1, 0.15) is 15.2 Å². The number of rotatable bonds is 4. The fraction of sp³-hybridized carbons (Fsp3) is 0.154. The zero-order chi connectivity index (χ0) is 14.7. The highest BCUT2D eigenvalue weighted by atomic mass is 79.9. The van der Waals surface area contributed by atoms with Crippen molar-refractivity contribution in [1.82, 2.24) is 4.90 Å². The van der Waals surface area contributed by atoms with Crippen molar-refractivity contribution >= 4 is 38.9 Å². The summed E-state index contributed by atoms with van der Waals surface area (Å²) in [7, 11) is 1.67. The predicted molar refractivity (Wildman–Crippen MR) is 82.0 cm³/mol. The number of hydrogen-bond donors (Lipinski definition) is 2. The molecule has 0 unspecified atom stereocenters. The van der Waals surface area contributed by atoms with Gasteiger partial charge in [0, 0.05) is 21.8 Å². The Kier molecular flexibility index (Phi) is 4.74. The summed E-state index contributed by atoms with van der Waals surface area (Å²) >= 11 is 4.92. The van der Waals surface area contributed by atoms with Crippen LogP contribution in [0.4, 0.5) is 10.1 Å². The Balaban J connectivity index is 2.20. The monoisotopic (exact) mass is 357 g/mol. The molecule has 0 radical (unpaired) electrons. The van der Waals surface area contributed by atoms with Crippen LogP contribution in [0.2, 0.25) is 0 Å². The van der Waals surface area contributed by atoms with Crippen molar-refractivity contribution in [3.05, 3.63) is 50.4 Å². The Hall–Kier alpha value is -1.44. The minimum Gasteiger partial charge on any atom is -0.336 e. The molecule has 0 saturated carbocycles. The van der Waals surface area contributed by atoms with Crippen LogP contribution in [0, 0.1) is 5.82 Å². The second-order valence-corrected chi connectivity index (χ2v) is 6.11. The van der Waals surface area contributed by atoms with Crippen LogP contribution in [0.15, 0.2) is 34.1 Å². The van der Waals surface area contributed by atoms with Crippen LogP contribution < -0.4 is 11.3 Å². The number of hydrogen-bond acceptors (Lipinski definition) is 4. The Morgan fingerprint density at radius 2 is 2.30 bits per heavy atom. The van der Waals surface area contributed by atoms with Gasteiger partial charge in [-0.15, -0.1) is 11.3 Å². The highest BCUT2D eigenvalue weighted by Gasteiger charge is 2.18. The van der Waals surface area contributed by atoms with Gasteiger partial charge in [0.25, 0.3) is 5.91 Å². The van der Waals surface area contributed by atoms with Crippen LogP contribution in [0.3, 0.4) is 0 Å². The topological polar surface area (TPSA) is 58.4 Å². The summed E-state index contributed by atoms with van der Waals surface area (Å²) in [5, 5.41) is 1.95. The second-order valence-electron chi connectivity index (χ2n) is 4.20. The quantitative estimate of drug-likeness (QED) is 0.652. The number of carbonyl (C=O) groups excluding carboxylic acids is 1. The number of carbonyl (C=O) groups is 1. The molecule has 0 bridgehead atoms. The van der Waals surface area contributed by atoms with Gasteiger partial charge >= 0.3 is 0 Å². The van der Waals surface area contributed by atoms with Gasteiger partial charge in [-0.25, -0.2) is 4.39 Å². The van der Waals surface area contributed by atoms with Crippen molar-refractivity contribution in [2.75, 3.05) is 12.5 Å². The molecule has 1 aromatic carbocycles. The van der Waals surface area contributed by atoms with E-state index in [9.17, 15) is 9.18 Å². The first kappa shape index (κ1) is 15.0. The molecule has 2 aromatic rings. The second kappa shape index (κ2) is 6.34. The maximum Gasteiger partial charge on any atom is 0.256 e. The Labute approximate surface area is 128 Å². The molecule has 0 aliphatic carbocycles. The molecule has 1 aromatic heterocycles. The molecule has 3 N–H and O–H groups in total. The summed E-state index contributed by atoms with van der Waals surface area (Å²) in [4.78, 5) is 14.9. The number of anilines is 1. The van der Waals surface area contributed by atoms with Gasteiger partial charge < -0.3 is 10.3 Å². The average molecular weight is 358 g/mol. The Morgan fingerprint density at radius 1 is 1.55 bits per heavy atom. The van der Waals surface area contributed by atoms with Crippen molar-refractivity contribution in [2.24, 2.45) is 5.84 Å². The largest absolute Gasteiger partial charge is 0.336 e. The number of benzene rings is 1. The smallest absolute Gasteiger partial charge is 0.256 e. The first-order valence-electron chi connectivity index (χ1n) is 5.76. The lowest BCUT2D eigenvalue weighted by Gasteiger charge is -2.18. The zero-order valence-electron chi connectivity index (χ0n) is 10.7. The first-order valence-corrected chi connectivity index (χ1v) is 7.43. The molecule has 106 valence electrons. The zero-order valence-corrected chi connectivity index (χ0v) is 13.1. The number of nitrogens with two attached hydrogens (primary N) is 1. The number of nitrogen functional groups attached to an aromatic ring is 1. The molecule has 0 aliphatic rings. The molecular weight excluding hydrogens is 345 g/mol. The van der Waals surface area contributed by atoms with Crippen molar-refractivity contribution in [1.29, 1.82) is 0 Å². The maximum atomic E-state index is 13.6. The SMILES string of the molecule is CN(Cc1cc(Br)cs1)C(=O)c1cccc(F)c1NN. The summed E-state index contributed by atoms with van der Waals surface area (Å²) < 4.78 is 14.6. The number of nitrogens with zero attached hydrogens (tertiary/aromatic N) is 1. The normalized spacial score (nSPS) is 10.4. The van der Waals surface area contributed by atoms with Crippen LogP contribution in [0.25, 0.3) is 0 Å². The summed E-state index contributed by atoms with van der Waals surface area (Å²) in [6.45, 7) is 0.454. The highest BCUT2D eigenvalue weighted by molar-refractivity contribution is 9.10. The molecule has 4 nitrogen and oxygen atoms in total. The van der Waals surface area contributed by atoms with E-state index < -0.39 is 5.82 Å². The fourth-order valence-electron chi connectivity index (χ4n) is 1.80. The summed E-state index contributed by atoms with van der Waals surface area (Å²) in [5.74, 6) is 4.44. The van der Waals surface area contributed by atoms with Gasteiger partial charge in [-0.1, -0.05) is 6.07 Å². The van der Waals surface area contributed by atoms with Gasteiger partial charge in [0.15, 0.2) is 0 Å². The lowest BCUT2D eigenvalue weighted by atomic mass is 10.1. The van der Waals surface area contributed by atoms with Gasteiger partial charge in [-0.3, -0.25) is 10.6 Å². The third kappa shape index (κ3) is 3.17. The minimum atomic E-state index is -0.550. The van der Waals surface area contributed by atoms with Gasteiger partial charge in [-0.2, -0.15) is 0 Å². The molecule has 1 heterocycles. The van der Waals surface area contributed by atoms with Gasteiger partial charge in [-0.05, 0) is 34.1 Å². The first-order chi connectivity index (χ1) is 9.52. The van der Waals surface area contributed by atoms with E-state index in [1.54, 1.807) is 24.5 Å². The van der Waals surface area contributed by atoms with Crippen molar-refractivity contribution in [3.8, 4) is 0 Å². The van der Waals surface area contributed by atoms with E-state index in [0.717, 1.165) is 9.35 Å². The van der Waals surface area contributed by atoms with Crippen LogP contribution >= 0.6 is 27.3 Å². The molecule has 20 heavy (non-hydrogen) atoms. The van der Waals surface area contributed by atoms with Crippen molar-refractivity contribution < 1.29 is 9.18 Å².